The molecule has 1 aliphatic heterocycles. The van der Waals surface area contributed by atoms with Gasteiger partial charge in [0.15, 0.2) is 0 Å². The van der Waals surface area contributed by atoms with E-state index in [1.165, 1.54) is 5.56 Å². The zero-order valence-electron chi connectivity index (χ0n) is 19.4. The molecule has 1 unspecified atom stereocenters. The lowest BCUT2D eigenvalue weighted by Gasteiger charge is -2.27. The van der Waals surface area contributed by atoms with Crippen LogP contribution in [-0.4, -0.2) is 32.8 Å². The molecule has 3 heterocycles. The minimum absolute atomic E-state index is 0.0152. The molecule has 1 aliphatic rings. The van der Waals surface area contributed by atoms with Crippen LogP contribution in [0.2, 0.25) is 0 Å². The predicted molar refractivity (Wildman–Crippen MR) is 131 cm³/mol. The number of nitrogens with one attached hydrogen (secondary N) is 1. The zero-order valence-corrected chi connectivity index (χ0v) is 20.2. The molecule has 0 saturated carbocycles. The van der Waals surface area contributed by atoms with Gasteiger partial charge in [-0.1, -0.05) is 37.3 Å². The fraction of sp³-hybridized carbons (Fsp3) is 0.400. The molecule has 33 heavy (non-hydrogen) atoms. The summed E-state index contributed by atoms with van der Waals surface area (Å²) < 4.78 is 1.90. The number of amides is 2. The smallest absolute Gasteiger partial charge is 0.242 e. The topological polar surface area (TPSA) is 93.2 Å². The first-order chi connectivity index (χ1) is 15.9. The number of hydrogen-bond acceptors (Lipinski definition) is 5. The van der Waals surface area contributed by atoms with Crippen LogP contribution in [0, 0.1) is 13.8 Å². The van der Waals surface area contributed by atoms with E-state index in [-0.39, 0.29) is 24.3 Å². The molecule has 7 nitrogen and oxygen atoms in total. The first-order valence-electron chi connectivity index (χ1n) is 11.3. The molecular formula is C25H31N5O2S. The standard InChI is InChI=1S/C25H31N5O2S/c1-16(19-7-5-4-6-8-19)11-23(31)28-25-21(12-26)20-9-10-29(14-22(20)33-25)24(32)15-30-13-17(2)27-18(30)3/h4-8,13,16H,9-12,14-15,26H2,1-3H3,(H,28,31). The highest BCUT2D eigenvalue weighted by molar-refractivity contribution is 7.16. The molecule has 3 aromatic rings. The summed E-state index contributed by atoms with van der Waals surface area (Å²) in [4.78, 5) is 33.1. The minimum atomic E-state index is -0.0152. The van der Waals surface area contributed by atoms with Crippen molar-refractivity contribution in [1.82, 2.24) is 14.5 Å². The Morgan fingerprint density at radius 3 is 2.67 bits per heavy atom. The number of aromatic nitrogens is 2. The van der Waals surface area contributed by atoms with E-state index < -0.39 is 0 Å². The predicted octanol–water partition coefficient (Wildman–Crippen LogP) is 3.74. The van der Waals surface area contributed by atoms with Crippen molar-refractivity contribution >= 4 is 28.2 Å². The van der Waals surface area contributed by atoms with Crippen LogP contribution in [0.25, 0.3) is 0 Å². The third kappa shape index (κ3) is 5.17. The van der Waals surface area contributed by atoms with E-state index in [9.17, 15) is 9.59 Å². The number of anilines is 1. The molecule has 1 aromatic carbocycles. The number of carbonyl (C=O) groups excluding carboxylic acids is 2. The van der Waals surface area contributed by atoms with Gasteiger partial charge in [-0.05, 0) is 37.3 Å². The summed E-state index contributed by atoms with van der Waals surface area (Å²) in [5, 5.41) is 3.92. The Hall–Kier alpha value is -2.97. The quantitative estimate of drug-likeness (QED) is 0.556. The van der Waals surface area contributed by atoms with Gasteiger partial charge in [-0.25, -0.2) is 4.98 Å². The highest BCUT2D eigenvalue weighted by atomic mass is 32.1. The fourth-order valence-corrected chi connectivity index (χ4v) is 5.74. The van der Waals surface area contributed by atoms with Crippen molar-refractivity contribution in [3.05, 3.63) is 69.6 Å². The van der Waals surface area contributed by atoms with Crippen molar-refractivity contribution in [3.63, 3.8) is 0 Å². The molecule has 1 atom stereocenters. The second-order valence-electron chi connectivity index (χ2n) is 8.70. The molecule has 0 radical (unpaired) electrons. The molecule has 8 heteroatoms. The second kappa shape index (κ2) is 9.89. The Balaban J connectivity index is 1.43. The molecule has 0 fully saturated rings. The third-order valence-electron chi connectivity index (χ3n) is 6.24. The van der Waals surface area contributed by atoms with Crippen molar-refractivity contribution in [2.45, 2.75) is 59.2 Å². The van der Waals surface area contributed by atoms with Gasteiger partial charge in [0, 0.05) is 36.1 Å². The van der Waals surface area contributed by atoms with Crippen LogP contribution in [0.15, 0.2) is 36.5 Å². The number of fused-ring (bicyclic) bond motifs is 1. The molecule has 4 rings (SSSR count). The number of carbonyl (C=O) groups is 2. The van der Waals surface area contributed by atoms with Crippen molar-refractivity contribution in [2.75, 3.05) is 11.9 Å². The molecule has 174 valence electrons. The van der Waals surface area contributed by atoms with Gasteiger partial charge >= 0.3 is 0 Å². The Kier molecular flexibility index (Phi) is 6.95. The van der Waals surface area contributed by atoms with Crippen LogP contribution in [0.3, 0.4) is 0 Å². The number of rotatable bonds is 7. The van der Waals surface area contributed by atoms with Crippen LogP contribution in [0.5, 0.6) is 0 Å². The largest absolute Gasteiger partial charge is 0.336 e. The SMILES string of the molecule is Cc1cn(CC(=O)N2CCc3c(sc(NC(=O)CC(C)c4ccccc4)c3CN)C2)c(C)n1. The Bertz CT molecular complexity index is 1150. The lowest BCUT2D eigenvalue weighted by atomic mass is 9.97. The van der Waals surface area contributed by atoms with E-state index >= 15 is 0 Å². The van der Waals surface area contributed by atoms with Gasteiger partial charge in [0.2, 0.25) is 11.8 Å². The number of imidazole rings is 1. The number of thiophene rings is 1. The Labute approximate surface area is 198 Å². The normalized spacial score (nSPS) is 14.1. The number of benzene rings is 1. The maximum absolute atomic E-state index is 12.9. The van der Waals surface area contributed by atoms with Crippen molar-refractivity contribution < 1.29 is 9.59 Å². The van der Waals surface area contributed by atoms with Crippen LogP contribution < -0.4 is 11.1 Å². The van der Waals surface area contributed by atoms with E-state index in [0.29, 0.717) is 26.1 Å². The summed E-state index contributed by atoms with van der Waals surface area (Å²) in [5.74, 6) is 1.03. The van der Waals surface area contributed by atoms with Crippen LogP contribution in [0.1, 0.15) is 52.3 Å². The molecule has 2 amide bonds. The fourth-order valence-electron chi connectivity index (χ4n) is 4.43. The van der Waals surface area contributed by atoms with Gasteiger partial charge in [-0.15, -0.1) is 11.3 Å². The molecule has 0 bridgehead atoms. The molecule has 0 spiro atoms. The molecule has 3 N–H and O–H groups in total. The number of nitrogens with zero attached hydrogens (tertiary/aromatic N) is 3. The maximum Gasteiger partial charge on any atom is 0.242 e. The van der Waals surface area contributed by atoms with Crippen LogP contribution in [-0.2, 0) is 35.6 Å². The van der Waals surface area contributed by atoms with E-state index in [4.69, 9.17) is 5.73 Å². The van der Waals surface area contributed by atoms with Crippen molar-refractivity contribution in [2.24, 2.45) is 5.73 Å². The van der Waals surface area contributed by atoms with E-state index in [0.717, 1.165) is 38.9 Å². The lowest BCUT2D eigenvalue weighted by molar-refractivity contribution is -0.132. The zero-order chi connectivity index (χ0) is 23.5. The minimum Gasteiger partial charge on any atom is -0.336 e. The van der Waals surface area contributed by atoms with E-state index in [1.54, 1.807) is 11.3 Å². The summed E-state index contributed by atoms with van der Waals surface area (Å²) in [5.41, 5.74) is 10.3. The molecule has 0 aliphatic carbocycles. The van der Waals surface area contributed by atoms with Gasteiger partial charge in [0.25, 0.3) is 0 Å². The monoisotopic (exact) mass is 465 g/mol. The van der Waals surface area contributed by atoms with Gasteiger partial charge in [0.1, 0.15) is 12.4 Å². The number of aryl methyl sites for hydroxylation is 2. The van der Waals surface area contributed by atoms with Gasteiger partial charge < -0.3 is 20.5 Å². The highest BCUT2D eigenvalue weighted by Gasteiger charge is 2.27. The van der Waals surface area contributed by atoms with Crippen LogP contribution in [0.4, 0.5) is 5.00 Å². The maximum atomic E-state index is 12.9. The van der Waals surface area contributed by atoms with E-state index in [1.807, 2.05) is 59.8 Å². The van der Waals surface area contributed by atoms with Gasteiger partial charge in [-0.3, -0.25) is 9.59 Å². The Morgan fingerprint density at radius 2 is 2.00 bits per heavy atom. The number of hydrogen-bond donors (Lipinski definition) is 2. The van der Waals surface area contributed by atoms with Crippen LogP contribution >= 0.6 is 11.3 Å². The van der Waals surface area contributed by atoms with E-state index in [2.05, 4.69) is 17.2 Å². The number of nitrogens with two attached hydrogens (primary N) is 1. The average Bonchev–Trinajstić information content (AvgIpc) is 3.30. The first kappa shape index (κ1) is 23.2. The van der Waals surface area contributed by atoms with Crippen molar-refractivity contribution in [3.8, 4) is 0 Å². The summed E-state index contributed by atoms with van der Waals surface area (Å²) in [6.07, 6.45) is 3.07. The summed E-state index contributed by atoms with van der Waals surface area (Å²) in [7, 11) is 0. The lowest BCUT2D eigenvalue weighted by Crippen LogP contribution is -2.37. The molecule has 2 aromatic heterocycles. The summed E-state index contributed by atoms with van der Waals surface area (Å²) in [6, 6.07) is 10.1. The van der Waals surface area contributed by atoms with Gasteiger partial charge in [0.05, 0.1) is 17.2 Å². The average molecular weight is 466 g/mol. The molecule has 0 saturated heterocycles. The highest BCUT2D eigenvalue weighted by Crippen LogP contribution is 2.37. The Morgan fingerprint density at radius 1 is 1.24 bits per heavy atom. The summed E-state index contributed by atoms with van der Waals surface area (Å²) in [6.45, 7) is 7.77. The van der Waals surface area contributed by atoms with Crippen molar-refractivity contribution in [1.29, 1.82) is 0 Å². The summed E-state index contributed by atoms with van der Waals surface area (Å²) >= 11 is 1.55. The van der Waals surface area contributed by atoms with Gasteiger partial charge in [-0.2, -0.15) is 0 Å². The third-order valence-corrected chi connectivity index (χ3v) is 7.41. The second-order valence-corrected chi connectivity index (χ2v) is 9.81. The first-order valence-corrected chi connectivity index (χ1v) is 12.1. The molecular weight excluding hydrogens is 434 g/mol.